The molecule has 2 fully saturated rings. The van der Waals surface area contributed by atoms with Crippen LogP contribution >= 0.6 is 11.3 Å². The van der Waals surface area contributed by atoms with Crippen LogP contribution < -0.4 is 21.3 Å². The van der Waals surface area contributed by atoms with Crippen LogP contribution in [-0.4, -0.2) is 119 Å². The van der Waals surface area contributed by atoms with Crippen molar-refractivity contribution in [3.8, 4) is 10.4 Å². The Hall–Kier alpha value is -5.27. The van der Waals surface area contributed by atoms with E-state index in [9.17, 15) is 32.7 Å². The highest BCUT2D eigenvalue weighted by Gasteiger charge is 2.44. The van der Waals surface area contributed by atoms with Crippen molar-refractivity contribution < 1.29 is 32.7 Å². The number of aromatic nitrogens is 2. The fourth-order valence-corrected chi connectivity index (χ4v) is 10.4. The van der Waals surface area contributed by atoms with Crippen molar-refractivity contribution in [3.05, 3.63) is 95.4 Å². The Balaban J connectivity index is 0.888. The van der Waals surface area contributed by atoms with E-state index >= 15 is 0 Å². The van der Waals surface area contributed by atoms with E-state index in [-0.39, 0.29) is 42.1 Å². The van der Waals surface area contributed by atoms with Crippen LogP contribution in [-0.2, 0) is 31.0 Å². The zero-order chi connectivity index (χ0) is 46.7. The van der Waals surface area contributed by atoms with Gasteiger partial charge in [-0.3, -0.25) is 19.4 Å². The molecule has 0 radical (unpaired) electrons. The summed E-state index contributed by atoms with van der Waals surface area (Å²) in [4.78, 5) is 66.6. The molecule has 2 saturated heterocycles. The predicted octanol–water partition coefficient (Wildman–Crippen LogP) is 5.46. The van der Waals surface area contributed by atoms with Crippen molar-refractivity contribution >= 4 is 50.8 Å². The fourth-order valence-electron chi connectivity index (χ4n) is 8.14. The molecule has 5 amide bonds. The molecule has 2 aliphatic rings. The average Bonchev–Trinajstić information content (AvgIpc) is 3.91. The topological polar surface area (TPSA) is 206 Å². The van der Waals surface area contributed by atoms with Gasteiger partial charge in [-0.2, -0.15) is 4.31 Å². The van der Waals surface area contributed by atoms with E-state index in [1.807, 2.05) is 70.5 Å². The lowest BCUT2D eigenvalue weighted by Gasteiger charge is -2.35. The Bertz CT molecular complexity index is 2330. The minimum Gasteiger partial charge on any atom is -0.391 e. The van der Waals surface area contributed by atoms with Crippen LogP contribution in [0.1, 0.15) is 89.1 Å². The number of benzene rings is 2. The number of aliphatic hydroxyl groups is 1. The summed E-state index contributed by atoms with van der Waals surface area (Å²) in [6, 6.07) is 15.2. The highest BCUT2D eigenvalue weighted by Crippen LogP contribution is 2.30. The number of amides is 5. The van der Waals surface area contributed by atoms with Crippen LogP contribution in [0.5, 0.6) is 0 Å². The lowest BCUT2D eigenvalue weighted by Crippen LogP contribution is -2.57. The Labute approximate surface area is 386 Å². The van der Waals surface area contributed by atoms with Gasteiger partial charge in [-0.05, 0) is 85.7 Å². The Morgan fingerprint density at radius 3 is 2.28 bits per heavy atom. The third-order valence-electron chi connectivity index (χ3n) is 11.9. The van der Waals surface area contributed by atoms with Gasteiger partial charge in [0.25, 0.3) is 0 Å². The Morgan fingerprint density at radius 2 is 1.63 bits per heavy atom. The Kier molecular flexibility index (Phi) is 16.9. The number of carbonyl (C=O) groups excluding carboxylic acids is 4. The summed E-state index contributed by atoms with van der Waals surface area (Å²) in [5.41, 5.74) is 5.42. The van der Waals surface area contributed by atoms with E-state index in [1.54, 1.807) is 41.9 Å². The number of pyridine rings is 1. The molecule has 0 saturated carbocycles. The van der Waals surface area contributed by atoms with Gasteiger partial charge in [0.05, 0.1) is 33.1 Å². The summed E-state index contributed by atoms with van der Waals surface area (Å²) in [6.45, 7) is 12.6. The summed E-state index contributed by atoms with van der Waals surface area (Å²) in [5, 5.41) is 22.1. The SMILES string of the molecule is Cc1ncsc1-c1ccc([C@H](C)NC(=O)C2CC(O)CN2C(=O)C(NC(=O)CCCCCCN2CCN(S(=O)(=O)c3ccc(NC(=O)NCc4cccnc4)cc3)CC2)C(C)(C)C)cc1. The highest BCUT2D eigenvalue weighted by molar-refractivity contribution is 7.89. The number of hydrogen-bond donors (Lipinski definition) is 5. The molecule has 18 heteroatoms. The van der Waals surface area contributed by atoms with E-state index in [4.69, 9.17) is 0 Å². The second kappa shape index (κ2) is 22.3. The molecule has 0 spiro atoms. The largest absolute Gasteiger partial charge is 0.391 e. The Morgan fingerprint density at radius 1 is 0.923 bits per heavy atom. The average molecular weight is 930 g/mol. The fraction of sp³-hybridized carbons (Fsp3) is 0.489. The molecule has 5 N–H and O–H groups in total. The summed E-state index contributed by atoms with van der Waals surface area (Å²) >= 11 is 1.58. The van der Waals surface area contributed by atoms with Crippen molar-refractivity contribution in [1.82, 2.24) is 40.0 Å². The molecular weight excluding hydrogens is 867 g/mol. The lowest BCUT2D eigenvalue weighted by molar-refractivity contribution is -0.144. The minimum atomic E-state index is -3.70. The van der Waals surface area contributed by atoms with Crippen LogP contribution in [0.25, 0.3) is 10.4 Å². The van der Waals surface area contributed by atoms with E-state index in [0.717, 1.165) is 53.1 Å². The molecule has 4 aromatic rings. The number of anilines is 1. The van der Waals surface area contributed by atoms with Gasteiger partial charge < -0.3 is 36.2 Å². The molecule has 2 aromatic heterocycles. The number of likely N-dealkylation sites (tertiary alicyclic amines) is 1. The monoisotopic (exact) mass is 929 g/mol. The third kappa shape index (κ3) is 13.4. The third-order valence-corrected chi connectivity index (χ3v) is 14.8. The van der Waals surface area contributed by atoms with Crippen LogP contribution in [0.4, 0.5) is 10.5 Å². The summed E-state index contributed by atoms with van der Waals surface area (Å²) in [7, 11) is -3.70. The van der Waals surface area contributed by atoms with Crippen LogP contribution in [0.2, 0.25) is 0 Å². The van der Waals surface area contributed by atoms with Gasteiger partial charge >= 0.3 is 6.03 Å². The smallest absolute Gasteiger partial charge is 0.319 e. The van der Waals surface area contributed by atoms with Gasteiger partial charge in [-0.1, -0.05) is 63.9 Å². The summed E-state index contributed by atoms with van der Waals surface area (Å²) in [5.74, 6) is -0.986. The first-order chi connectivity index (χ1) is 31.0. The highest BCUT2D eigenvalue weighted by atomic mass is 32.2. The number of aryl methyl sites for hydroxylation is 1. The molecule has 65 heavy (non-hydrogen) atoms. The van der Waals surface area contributed by atoms with E-state index in [1.165, 1.54) is 21.3 Å². The number of piperazine rings is 1. The normalized spacial score (nSPS) is 18.2. The van der Waals surface area contributed by atoms with Crippen molar-refractivity contribution in [2.75, 3.05) is 44.6 Å². The molecule has 0 aliphatic carbocycles. The lowest BCUT2D eigenvalue weighted by atomic mass is 9.85. The molecular formula is C47H63N9O7S2. The van der Waals surface area contributed by atoms with Gasteiger partial charge in [0.1, 0.15) is 12.1 Å². The maximum Gasteiger partial charge on any atom is 0.319 e. The number of urea groups is 1. The molecule has 0 bridgehead atoms. The zero-order valence-corrected chi connectivity index (χ0v) is 39.6. The molecule has 4 atom stereocenters. The van der Waals surface area contributed by atoms with Crippen LogP contribution in [0.15, 0.2) is 83.5 Å². The zero-order valence-electron chi connectivity index (χ0n) is 38.0. The first kappa shape index (κ1) is 49.2. The number of β-amino-alcohol motifs (C(OH)–C–C–N with tert-alkyl or cyclic N) is 1. The number of nitrogens with one attached hydrogen (secondary N) is 4. The van der Waals surface area contributed by atoms with E-state index in [0.29, 0.717) is 44.8 Å². The quantitative estimate of drug-likeness (QED) is 0.0797. The van der Waals surface area contributed by atoms with Crippen LogP contribution in [0, 0.1) is 12.3 Å². The number of aliphatic hydroxyl groups excluding tert-OH is 1. The number of nitrogens with zero attached hydrogens (tertiary/aromatic N) is 5. The molecule has 2 aromatic carbocycles. The van der Waals surface area contributed by atoms with Gasteiger partial charge in [0.15, 0.2) is 0 Å². The molecule has 6 rings (SSSR count). The first-order valence-electron chi connectivity index (χ1n) is 22.3. The molecule has 16 nitrogen and oxygen atoms in total. The molecule has 3 unspecified atom stereocenters. The van der Waals surface area contributed by atoms with Crippen molar-refractivity contribution in [2.45, 2.75) is 109 Å². The predicted molar refractivity (Wildman–Crippen MR) is 251 cm³/mol. The summed E-state index contributed by atoms with van der Waals surface area (Å²) in [6.07, 6.45) is 6.08. The minimum absolute atomic E-state index is 0.00468. The van der Waals surface area contributed by atoms with Gasteiger partial charge in [0, 0.05) is 70.2 Å². The number of thiazole rings is 1. The van der Waals surface area contributed by atoms with Crippen molar-refractivity contribution in [3.63, 3.8) is 0 Å². The van der Waals surface area contributed by atoms with Crippen molar-refractivity contribution in [1.29, 1.82) is 0 Å². The second-order valence-electron chi connectivity index (χ2n) is 18.0. The standard InChI is InChI=1S/C47H63N9O7S2/c1-32(35-13-15-36(16-14-35)42-33(2)50-31-64-42)51-44(59)40-27-38(57)30-56(40)45(60)43(47(3,4)5)53-41(58)12-8-6-7-9-22-54-23-25-55(26-24-54)65(62,63)39-19-17-37(18-20-39)52-46(61)49-29-34-11-10-21-48-28-34/h10-11,13-21,28,31-32,38,40,43,57H,6-9,12,22-27,29-30H2,1-5H3,(H,51,59)(H,53,58)(H2,49,52,61)/t32-,38?,40?,43?/m0/s1. The maximum absolute atomic E-state index is 14.1. The molecule has 2 aliphatic heterocycles. The van der Waals surface area contributed by atoms with Crippen molar-refractivity contribution in [2.24, 2.45) is 5.41 Å². The van der Waals surface area contributed by atoms with E-state index in [2.05, 4.69) is 36.1 Å². The first-order valence-corrected chi connectivity index (χ1v) is 24.7. The summed E-state index contributed by atoms with van der Waals surface area (Å²) < 4.78 is 28.3. The molecule has 350 valence electrons. The van der Waals surface area contributed by atoms with Gasteiger partial charge in [-0.25, -0.2) is 18.2 Å². The number of rotatable bonds is 18. The van der Waals surface area contributed by atoms with Gasteiger partial charge in [-0.15, -0.1) is 11.3 Å². The van der Waals surface area contributed by atoms with Crippen LogP contribution in [0.3, 0.4) is 0 Å². The molecule has 4 heterocycles. The number of unbranched alkanes of at least 4 members (excludes halogenated alkanes) is 3. The second-order valence-corrected chi connectivity index (χ2v) is 20.8. The van der Waals surface area contributed by atoms with Gasteiger partial charge in [0.2, 0.25) is 27.7 Å². The number of hydrogen-bond acceptors (Lipinski definition) is 11. The van der Waals surface area contributed by atoms with E-state index < -0.39 is 45.6 Å². The number of carbonyl (C=O) groups is 4. The maximum atomic E-state index is 14.1. The number of sulfonamides is 1.